The number of hydrogen-bond acceptors (Lipinski definition) is 4. The first-order valence-corrected chi connectivity index (χ1v) is 8.88. The fraction of sp³-hybridized carbons (Fsp3) is 0.684. The minimum atomic E-state index is -0.519. The number of ether oxygens (including phenoxy) is 1. The van der Waals surface area contributed by atoms with E-state index in [2.05, 4.69) is 29.8 Å². The Morgan fingerprint density at radius 1 is 1.38 bits per heavy atom. The highest BCUT2D eigenvalue weighted by Crippen LogP contribution is 2.36. The highest BCUT2D eigenvalue weighted by atomic mass is 16.6. The molecule has 2 heterocycles. The van der Waals surface area contributed by atoms with Crippen LogP contribution in [0.3, 0.4) is 0 Å². The van der Waals surface area contributed by atoms with Crippen molar-refractivity contribution < 1.29 is 9.53 Å². The van der Waals surface area contributed by atoms with Crippen LogP contribution in [-0.2, 0) is 4.74 Å². The van der Waals surface area contributed by atoms with E-state index in [-0.39, 0.29) is 6.09 Å². The van der Waals surface area contributed by atoms with Crippen molar-refractivity contribution in [2.24, 2.45) is 0 Å². The fourth-order valence-corrected chi connectivity index (χ4v) is 3.27. The molecule has 0 unspecified atom stereocenters. The maximum atomic E-state index is 12.5. The van der Waals surface area contributed by atoms with Crippen LogP contribution >= 0.6 is 0 Å². The number of hydrogen-bond donors (Lipinski definition) is 0. The molecule has 0 bridgehead atoms. The molecule has 2 rings (SSSR count). The number of amides is 1. The van der Waals surface area contributed by atoms with E-state index in [1.807, 2.05) is 26.8 Å². The Balaban J connectivity index is 2.31. The fourth-order valence-electron chi connectivity index (χ4n) is 3.27. The molecule has 1 aliphatic heterocycles. The molecular weight excluding hydrogens is 302 g/mol. The number of nitrogens with zero attached hydrogens (tertiary/aromatic N) is 3. The Labute approximate surface area is 146 Å². The summed E-state index contributed by atoms with van der Waals surface area (Å²) in [5, 5.41) is 0. The maximum Gasteiger partial charge on any atom is 0.415 e. The third-order valence-corrected chi connectivity index (χ3v) is 4.37. The van der Waals surface area contributed by atoms with Crippen molar-refractivity contribution >= 4 is 11.9 Å². The van der Waals surface area contributed by atoms with E-state index >= 15 is 0 Å². The van der Waals surface area contributed by atoms with E-state index in [4.69, 9.17) is 4.74 Å². The SMILES string of the molecule is CC(C)N1CCCC[C@H]1c1cccnc1N(C)C(=O)OC(C)(C)C. The molecule has 1 fully saturated rings. The molecule has 0 saturated carbocycles. The van der Waals surface area contributed by atoms with Gasteiger partial charge in [0.25, 0.3) is 0 Å². The quantitative estimate of drug-likeness (QED) is 0.823. The minimum Gasteiger partial charge on any atom is -0.443 e. The van der Waals surface area contributed by atoms with Crippen LogP contribution in [0.1, 0.15) is 65.5 Å². The molecule has 1 atom stereocenters. The molecule has 1 aromatic heterocycles. The summed E-state index contributed by atoms with van der Waals surface area (Å²) in [6, 6.07) is 4.81. The van der Waals surface area contributed by atoms with Crippen LogP contribution in [0.5, 0.6) is 0 Å². The minimum absolute atomic E-state index is 0.298. The standard InChI is InChI=1S/C19H31N3O2/c1-14(2)22-13-8-7-11-16(22)15-10-9-12-20-17(15)21(6)18(23)24-19(3,4)5/h9-10,12,14,16H,7-8,11,13H2,1-6H3/t16-/m0/s1. The molecule has 0 spiro atoms. The summed E-state index contributed by atoms with van der Waals surface area (Å²) in [6.07, 6.45) is 4.90. The molecule has 0 N–H and O–H groups in total. The molecule has 0 aromatic carbocycles. The van der Waals surface area contributed by atoms with Crippen LogP contribution < -0.4 is 4.90 Å². The Morgan fingerprint density at radius 3 is 2.71 bits per heavy atom. The topological polar surface area (TPSA) is 45.7 Å². The van der Waals surface area contributed by atoms with E-state index < -0.39 is 5.60 Å². The van der Waals surface area contributed by atoms with Gasteiger partial charge in [0, 0.05) is 30.9 Å². The second-order valence-corrected chi connectivity index (χ2v) is 7.80. The van der Waals surface area contributed by atoms with Gasteiger partial charge in [0.15, 0.2) is 0 Å². The van der Waals surface area contributed by atoms with Crippen molar-refractivity contribution in [3.05, 3.63) is 23.9 Å². The molecular formula is C19H31N3O2. The zero-order chi connectivity index (χ0) is 17.9. The highest BCUT2D eigenvalue weighted by Gasteiger charge is 2.30. The van der Waals surface area contributed by atoms with E-state index in [0.29, 0.717) is 17.9 Å². The summed E-state index contributed by atoms with van der Waals surface area (Å²) in [5.74, 6) is 0.698. The number of carbonyl (C=O) groups excluding carboxylic acids is 1. The summed E-state index contributed by atoms with van der Waals surface area (Å²) in [6.45, 7) is 11.2. The van der Waals surface area contributed by atoms with Gasteiger partial charge >= 0.3 is 6.09 Å². The van der Waals surface area contributed by atoms with Gasteiger partial charge in [-0.25, -0.2) is 9.78 Å². The van der Waals surface area contributed by atoms with Gasteiger partial charge in [0.2, 0.25) is 0 Å². The molecule has 5 nitrogen and oxygen atoms in total. The normalized spacial score (nSPS) is 19.4. The third kappa shape index (κ3) is 4.47. The Kier molecular flexibility index (Phi) is 5.86. The number of pyridine rings is 1. The summed E-state index contributed by atoms with van der Waals surface area (Å²) in [7, 11) is 1.74. The van der Waals surface area contributed by atoms with E-state index in [1.165, 1.54) is 17.7 Å². The highest BCUT2D eigenvalue weighted by molar-refractivity contribution is 5.87. The smallest absolute Gasteiger partial charge is 0.415 e. The van der Waals surface area contributed by atoms with Gasteiger partial charge < -0.3 is 4.74 Å². The van der Waals surface area contributed by atoms with Crippen LogP contribution in [0.15, 0.2) is 18.3 Å². The number of piperidine rings is 1. The van der Waals surface area contributed by atoms with Crippen molar-refractivity contribution in [3.63, 3.8) is 0 Å². The lowest BCUT2D eigenvalue weighted by atomic mass is 9.94. The number of aromatic nitrogens is 1. The first-order chi connectivity index (χ1) is 11.2. The van der Waals surface area contributed by atoms with Crippen LogP contribution in [-0.4, -0.2) is 41.2 Å². The number of rotatable bonds is 3. The largest absolute Gasteiger partial charge is 0.443 e. The summed E-state index contributed by atoms with van der Waals surface area (Å²) >= 11 is 0. The maximum absolute atomic E-state index is 12.5. The lowest BCUT2D eigenvalue weighted by Crippen LogP contribution is -2.40. The summed E-state index contributed by atoms with van der Waals surface area (Å²) in [5.41, 5.74) is 0.592. The first kappa shape index (κ1) is 18.7. The first-order valence-electron chi connectivity index (χ1n) is 8.88. The summed E-state index contributed by atoms with van der Waals surface area (Å²) < 4.78 is 5.50. The molecule has 1 saturated heterocycles. The van der Waals surface area contributed by atoms with Crippen molar-refractivity contribution in [3.8, 4) is 0 Å². The zero-order valence-electron chi connectivity index (χ0n) is 15.9. The van der Waals surface area contributed by atoms with Gasteiger partial charge in [-0.1, -0.05) is 12.5 Å². The average molecular weight is 333 g/mol. The van der Waals surface area contributed by atoms with Gasteiger partial charge in [-0.3, -0.25) is 9.80 Å². The molecule has 1 aromatic rings. The monoisotopic (exact) mass is 333 g/mol. The van der Waals surface area contributed by atoms with Gasteiger partial charge in [-0.2, -0.15) is 0 Å². The molecule has 134 valence electrons. The van der Waals surface area contributed by atoms with Crippen molar-refractivity contribution in [1.29, 1.82) is 0 Å². The summed E-state index contributed by atoms with van der Waals surface area (Å²) in [4.78, 5) is 21.0. The second kappa shape index (κ2) is 7.51. The van der Waals surface area contributed by atoms with Crippen LogP contribution in [0.25, 0.3) is 0 Å². The molecule has 5 heteroatoms. The molecule has 0 radical (unpaired) electrons. The Morgan fingerprint density at radius 2 is 2.08 bits per heavy atom. The van der Waals surface area contributed by atoms with E-state index in [9.17, 15) is 4.79 Å². The van der Waals surface area contributed by atoms with Crippen molar-refractivity contribution in [2.75, 3.05) is 18.5 Å². The molecule has 24 heavy (non-hydrogen) atoms. The zero-order valence-corrected chi connectivity index (χ0v) is 15.9. The predicted octanol–water partition coefficient (Wildman–Crippen LogP) is 4.39. The van der Waals surface area contributed by atoms with Crippen LogP contribution in [0.4, 0.5) is 10.6 Å². The third-order valence-electron chi connectivity index (χ3n) is 4.37. The van der Waals surface area contributed by atoms with Gasteiger partial charge in [0.05, 0.1) is 0 Å². The van der Waals surface area contributed by atoms with Gasteiger partial charge in [-0.05, 0) is 60.1 Å². The lowest BCUT2D eigenvalue weighted by molar-refractivity contribution is 0.0586. The van der Waals surface area contributed by atoms with Gasteiger partial charge in [0.1, 0.15) is 11.4 Å². The Bertz CT molecular complexity index is 566. The molecule has 1 amide bonds. The Hall–Kier alpha value is -1.62. The van der Waals surface area contributed by atoms with Crippen molar-refractivity contribution in [2.45, 2.75) is 71.6 Å². The molecule has 0 aliphatic carbocycles. The van der Waals surface area contributed by atoms with E-state index in [0.717, 1.165) is 18.5 Å². The van der Waals surface area contributed by atoms with Gasteiger partial charge in [-0.15, -0.1) is 0 Å². The van der Waals surface area contributed by atoms with E-state index in [1.54, 1.807) is 13.2 Å². The average Bonchev–Trinajstić information content (AvgIpc) is 2.52. The van der Waals surface area contributed by atoms with Crippen LogP contribution in [0.2, 0.25) is 0 Å². The predicted molar refractivity (Wildman–Crippen MR) is 97.3 cm³/mol. The number of likely N-dealkylation sites (tertiary alicyclic amines) is 1. The van der Waals surface area contributed by atoms with Crippen molar-refractivity contribution in [1.82, 2.24) is 9.88 Å². The second-order valence-electron chi connectivity index (χ2n) is 7.80. The number of anilines is 1. The molecule has 1 aliphatic rings. The van der Waals surface area contributed by atoms with Crippen LogP contribution in [0, 0.1) is 0 Å². The lowest BCUT2D eigenvalue weighted by Gasteiger charge is -2.40. The number of carbonyl (C=O) groups is 1.